The Kier molecular flexibility index (Phi) is 5.38. The summed E-state index contributed by atoms with van der Waals surface area (Å²) in [4.78, 5) is 3.56. The second-order valence-electron chi connectivity index (χ2n) is 2.94. The fourth-order valence-corrected chi connectivity index (χ4v) is 1.43. The quantitative estimate of drug-likeness (QED) is 0.316. The van der Waals surface area contributed by atoms with Crippen LogP contribution in [0.25, 0.3) is 0 Å². The monoisotopic (exact) mass is 238 g/mol. The molecule has 0 aliphatic rings. The largest absolute Gasteiger partial charge is 0.370 e. The molecule has 5 nitrogen and oxygen atoms in total. The molecule has 1 rings (SSSR count). The Balaban J connectivity index is 2.18. The number of rotatable bonds is 4. The van der Waals surface area contributed by atoms with E-state index in [0.717, 1.165) is 17.3 Å². The molecule has 0 aliphatic carbocycles. The Bertz CT molecular complexity index is 362. The van der Waals surface area contributed by atoms with Crippen LogP contribution in [0.4, 0.5) is 0 Å². The van der Waals surface area contributed by atoms with Gasteiger partial charge in [0.25, 0.3) is 0 Å². The summed E-state index contributed by atoms with van der Waals surface area (Å²) in [6.07, 6.45) is 0. The first kappa shape index (κ1) is 12.5. The first-order valence-corrected chi connectivity index (χ1v) is 5.59. The van der Waals surface area contributed by atoms with Crippen molar-refractivity contribution in [2.45, 2.75) is 6.61 Å². The number of benzene rings is 1. The normalized spacial score (nSPS) is 9.75. The van der Waals surface area contributed by atoms with Gasteiger partial charge >= 0.3 is 0 Å². The topological polar surface area (TPSA) is 97.5 Å². The molecule has 0 aromatic heterocycles. The summed E-state index contributed by atoms with van der Waals surface area (Å²) in [5, 5.41) is 7.39. The Hall–Kier alpha value is -1.53. The van der Waals surface area contributed by atoms with E-state index in [1.165, 1.54) is 0 Å². The lowest BCUT2D eigenvalue weighted by molar-refractivity contribution is 0.169. The minimum absolute atomic E-state index is 0.0491. The fourth-order valence-electron chi connectivity index (χ4n) is 0.981. The summed E-state index contributed by atoms with van der Waals surface area (Å²) in [7, 11) is 0. The highest BCUT2D eigenvalue weighted by molar-refractivity contribution is 8.13. The lowest BCUT2D eigenvalue weighted by Crippen LogP contribution is -2.23. The van der Waals surface area contributed by atoms with Gasteiger partial charge < -0.3 is 16.2 Å². The molecule has 86 valence electrons. The molecule has 0 amide bonds. The number of ether oxygens (including phenoxy) is 1. The molecule has 0 bridgehead atoms. The Morgan fingerprint density at radius 2 is 2.00 bits per heavy atom. The Morgan fingerprint density at radius 3 is 2.62 bits per heavy atom. The van der Waals surface area contributed by atoms with Gasteiger partial charge in [0.15, 0.2) is 11.1 Å². The third-order valence-electron chi connectivity index (χ3n) is 1.62. The van der Waals surface area contributed by atoms with Crippen molar-refractivity contribution < 1.29 is 4.74 Å². The fraction of sp³-hybridized carbons (Fsp3) is 0.200. The maximum atomic E-state index is 7.34. The third kappa shape index (κ3) is 5.38. The summed E-state index contributed by atoms with van der Waals surface area (Å²) < 4.78 is 5.34. The van der Waals surface area contributed by atoms with E-state index >= 15 is 0 Å². The van der Waals surface area contributed by atoms with Gasteiger partial charge in [-0.15, -0.1) is 0 Å². The van der Waals surface area contributed by atoms with Crippen molar-refractivity contribution in [3.63, 3.8) is 0 Å². The predicted molar refractivity (Wildman–Crippen MR) is 67.2 cm³/mol. The number of nitrogens with one attached hydrogen (secondary N) is 1. The van der Waals surface area contributed by atoms with Gasteiger partial charge in [-0.1, -0.05) is 42.1 Å². The number of hydrogen-bond donors (Lipinski definition) is 3. The maximum absolute atomic E-state index is 7.34. The first-order valence-electron chi connectivity index (χ1n) is 4.61. The van der Waals surface area contributed by atoms with Crippen LogP contribution < -0.4 is 11.5 Å². The molecule has 16 heavy (non-hydrogen) atoms. The highest BCUT2D eigenvalue weighted by Crippen LogP contribution is 2.07. The molecular formula is C10H14N4OS. The van der Waals surface area contributed by atoms with E-state index < -0.39 is 0 Å². The number of guanidine groups is 1. The van der Waals surface area contributed by atoms with E-state index in [1.807, 2.05) is 30.3 Å². The molecule has 0 unspecified atom stereocenters. The van der Waals surface area contributed by atoms with Crippen molar-refractivity contribution in [3.8, 4) is 0 Å². The molecule has 0 atom stereocenters. The average molecular weight is 238 g/mol. The molecule has 5 N–H and O–H groups in total. The van der Waals surface area contributed by atoms with Crippen LogP contribution in [-0.2, 0) is 11.3 Å². The number of nitrogens with zero attached hydrogens (tertiary/aromatic N) is 1. The van der Waals surface area contributed by atoms with E-state index in [9.17, 15) is 0 Å². The van der Waals surface area contributed by atoms with Gasteiger partial charge in [0.2, 0.25) is 0 Å². The van der Waals surface area contributed by atoms with Crippen molar-refractivity contribution in [2.24, 2.45) is 16.5 Å². The van der Waals surface area contributed by atoms with E-state index in [0.29, 0.717) is 12.5 Å². The zero-order chi connectivity index (χ0) is 11.8. The van der Waals surface area contributed by atoms with Crippen molar-refractivity contribution in [1.82, 2.24) is 0 Å². The molecule has 0 aliphatic heterocycles. The van der Waals surface area contributed by atoms with Gasteiger partial charge in [-0.3, -0.25) is 5.41 Å². The first-order chi connectivity index (χ1) is 7.68. The molecule has 0 saturated heterocycles. The van der Waals surface area contributed by atoms with Crippen LogP contribution in [0.5, 0.6) is 0 Å². The molecule has 1 aromatic rings. The number of amidine groups is 1. The second-order valence-corrected chi connectivity index (χ2v) is 3.85. The summed E-state index contributed by atoms with van der Waals surface area (Å²) in [5.41, 5.74) is 11.3. The SMILES string of the molecule is N=C(N=C(N)N)SCOCc1ccccc1. The van der Waals surface area contributed by atoms with Crippen LogP contribution in [0.15, 0.2) is 35.3 Å². The standard InChI is InChI=1S/C10H14N4OS/c11-9(12)14-10(13)16-7-15-6-8-4-2-1-3-5-8/h1-5H,6-7H2,(H5,11,12,13,14). The van der Waals surface area contributed by atoms with Gasteiger partial charge in [-0.25, -0.2) is 0 Å². The molecule has 0 spiro atoms. The molecule has 6 heteroatoms. The van der Waals surface area contributed by atoms with Crippen molar-refractivity contribution in [1.29, 1.82) is 5.41 Å². The van der Waals surface area contributed by atoms with Crippen LogP contribution in [0.1, 0.15) is 5.56 Å². The molecule has 0 heterocycles. The summed E-state index contributed by atoms with van der Waals surface area (Å²) >= 11 is 1.14. The van der Waals surface area contributed by atoms with E-state index in [-0.39, 0.29) is 11.1 Å². The van der Waals surface area contributed by atoms with E-state index in [4.69, 9.17) is 21.6 Å². The zero-order valence-corrected chi connectivity index (χ0v) is 9.54. The number of thioether (sulfide) groups is 1. The van der Waals surface area contributed by atoms with Crippen LogP contribution in [0.3, 0.4) is 0 Å². The van der Waals surface area contributed by atoms with Crippen LogP contribution in [-0.4, -0.2) is 17.1 Å². The van der Waals surface area contributed by atoms with Crippen LogP contribution >= 0.6 is 11.8 Å². The predicted octanol–water partition coefficient (Wildman–Crippen LogP) is 1.10. The smallest absolute Gasteiger partial charge is 0.193 e. The zero-order valence-electron chi connectivity index (χ0n) is 8.72. The van der Waals surface area contributed by atoms with Crippen molar-refractivity contribution in [3.05, 3.63) is 35.9 Å². The van der Waals surface area contributed by atoms with Crippen molar-refractivity contribution in [2.75, 3.05) is 5.94 Å². The highest BCUT2D eigenvalue weighted by Gasteiger charge is 1.96. The van der Waals surface area contributed by atoms with Gasteiger partial charge in [-0.2, -0.15) is 4.99 Å². The van der Waals surface area contributed by atoms with Gasteiger partial charge in [0.05, 0.1) is 6.61 Å². The minimum atomic E-state index is -0.111. The molecule has 0 radical (unpaired) electrons. The maximum Gasteiger partial charge on any atom is 0.193 e. The van der Waals surface area contributed by atoms with Gasteiger partial charge in [-0.05, 0) is 5.56 Å². The summed E-state index contributed by atoms with van der Waals surface area (Å²) in [6.45, 7) is 0.517. The number of hydrogen-bond acceptors (Lipinski definition) is 3. The third-order valence-corrected chi connectivity index (χ3v) is 2.27. The summed E-state index contributed by atoms with van der Waals surface area (Å²) in [5.74, 6) is 0.241. The van der Waals surface area contributed by atoms with Crippen LogP contribution in [0, 0.1) is 5.41 Å². The minimum Gasteiger partial charge on any atom is -0.370 e. The van der Waals surface area contributed by atoms with Crippen molar-refractivity contribution >= 4 is 22.9 Å². The molecule has 1 aromatic carbocycles. The number of nitrogens with two attached hydrogens (primary N) is 2. The highest BCUT2D eigenvalue weighted by atomic mass is 32.2. The number of aliphatic imine (C=N–C) groups is 1. The molecule has 0 saturated carbocycles. The van der Waals surface area contributed by atoms with E-state index in [2.05, 4.69) is 4.99 Å². The van der Waals surface area contributed by atoms with E-state index in [1.54, 1.807) is 0 Å². The van der Waals surface area contributed by atoms with Gasteiger partial charge in [0, 0.05) is 0 Å². The molecular weight excluding hydrogens is 224 g/mol. The Labute approximate surface area is 98.4 Å². The lowest BCUT2D eigenvalue weighted by Gasteiger charge is -2.02. The average Bonchev–Trinajstić information content (AvgIpc) is 2.25. The molecule has 0 fully saturated rings. The lowest BCUT2D eigenvalue weighted by atomic mass is 10.2. The second kappa shape index (κ2) is 6.86. The Morgan fingerprint density at radius 1 is 1.31 bits per heavy atom. The van der Waals surface area contributed by atoms with Crippen LogP contribution in [0.2, 0.25) is 0 Å². The van der Waals surface area contributed by atoms with Gasteiger partial charge in [0.1, 0.15) is 5.94 Å². The summed E-state index contributed by atoms with van der Waals surface area (Å²) in [6, 6.07) is 9.81.